The lowest BCUT2D eigenvalue weighted by molar-refractivity contribution is -0.104. The highest BCUT2D eigenvalue weighted by molar-refractivity contribution is 6.69. The predicted octanol–water partition coefficient (Wildman–Crippen LogP) is 4.28. The van der Waals surface area contributed by atoms with Crippen LogP contribution in [0.25, 0.3) is 0 Å². The van der Waals surface area contributed by atoms with Crippen molar-refractivity contribution in [2.75, 3.05) is 0 Å². The molecule has 0 saturated carbocycles. The van der Waals surface area contributed by atoms with Crippen LogP contribution >= 0.6 is 0 Å². The van der Waals surface area contributed by atoms with Crippen molar-refractivity contribution in [1.82, 2.24) is 0 Å². The van der Waals surface area contributed by atoms with E-state index in [-0.39, 0.29) is 6.10 Å². The maximum Gasteiger partial charge on any atom is 0.184 e. The molecule has 0 spiro atoms. The van der Waals surface area contributed by atoms with E-state index in [1.54, 1.807) is 6.08 Å². The van der Waals surface area contributed by atoms with Gasteiger partial charge in [-0.15, -0.1) is 0 Å². The quantitative estimate of drug-likeness (QED) is 0.321. The largest absolute Gasteiger partial charge is 0.410 e. The third-order valence-corrected chi connectivity index (χ3v) is 3.45. The molecule has 0 aliphatic carbocycles. The molecule has 102 valence electrons. The van der Waals surface area contributed by atoms with Crippen LogP contribution in [-0.4, -0.2) is 14.6 Å². The zero-order valence-corrected chi connectivity index (χ0v) is 12.9. The molecule has 0 bridgehead atoms. The summed E-state index contributed by atoms with van der Waals surface area (Å²) in [5.74, 6) is 0. The van der Waals surface area contributed by atoms with E-state index < -0.39 is 8.32 Å². The molecular formula is C16H22O2Si. The molecule has 0 saturated heterocycles. The average molecular weight is 274 g/mol. The van der Waals surface area contributed by atoms with Gasteiger partial charge in [-0.25, -0.2) is 0 Å². The molecule has 0 aromatic heterocycles. The molecule has 19 heavy (non-hydrogen) atoms. The summed E-state index contributed by atoms with van der Waals surface area (Å²) in [4.78, 5) is 10.2. The number of hydrogen-bond donors (Lipinski definition) is 0. The predicted molar refractivity (Wildman–Crippen MR) is 82.6 cm³/mol. The summed E-state index contributed by atoms with van der Waals surface area (Å²) in [6, 6.07) is 10.3. The van der Waals surface area contributed by atoms with Crippen molar-refractivity contribution in [1.29, 1.82) is 0 Å². The van der Waals surface area contributed by atoms with Gasteiger partial charge in [0.05, 0.1) is 6.10 Å². The summed E-state index contributed by atoms with van der Waals surface area (Å²) in [5.41, 5.74) is 1.20. The third kappa shape index (κ3) is 6.89. The standard InChI is InChI=1S/C16H22O2Si/c1-19(2,3)18-16(13-9-4-5-10-14-17)15-11-7-6-8-12-15/h4-12,14,16H,13H2,1-3H3/b9-4+,10-5+. The highest BCUT2D eigenvalue weighted by Gasteiger charge is 2.21. The van der Waals surface area contributed by atoms with Crippen LogP contribution in [-0.2, 0) is 9.22 Å². The SMILES string of the molecule is C[Si](C)(C)OC(C/C=C/C=C/C=O)c1ccccc1. The van der Waals surface area contributed by atoms with Crippen LogP contribution in [0.2, 0.25) is 19.6 Å². The van der Waals surface area contributed by atoms with Gasteiger partial charge in [-0.05, 0) is 37.7 Å². The molecule has 1 aromatic rings. The molecule has 1 unspecified atom stereocenters. The minimum atomic E-state index is -1.59. The first kappa shape index (κ1) is 15.6. The van der Waals surface area contributed by atoms with E-state index >= 15 is 0 Å². The van der Waals surface area contributed by atoms with Gasteiger partial charge in [0.15, 0.2) is 8.32 Å². The van der Waals surface area contributed by atoms with Gasteiger partial charge in [0, 0.05) is 0 Å². The van der Waals surface area contributed by atoms with Gasteiger partial charge >= 0.3 is 0 Å². The molecule has 0 aliphatic heterocycles. The first-order valence-electron chi connectivity index (χ1n) is 6.52. The van der Waals surface area contributed by atoms with Crippen LogP contribution in [0, 0.1) is 0 Å². The van der Waals surface area contributed by atoms with E-state index in [1.165, 1.54) is 11.6 Å². The van der Waals surface area contributed by atoms with Gasteiger partial charge in [0.25, 0.3) is 0 Å². The molecule has 0 N–H and O–H groups in total. The summed E-state index contributed by atoms with van der Waals surface area (Å²) < 4.78 is 6.22. The second-order valence-electron chi connectivity index (χ2n) is 5.31. The molecule has 1 atom stereocenters. The summed E-state index contributed by atoms with van der Waals surface area (Å²) in [6.45, 7) is 6.58. The summed E-state index contributed by atoms with van der Waals surface area (Å²) in [5, 5.41) is 0. The van der Waals surface area contributed by atoms with Crippen LogP contribution < -0.4 is 0 Å². The number of benzene rings is 1. The highest BCUT2D eigenvalue weighted by Crippen LogP contribution is 2.25. The van der Waals surface area contributed by atoms with Gasteiger partial charge in [-0.2, -0.15) is 0 Å². The van der Waals surface area contributed by atoms with Crippen molar-refractivity contribution in [2.24, 2.45) is 0 Å². The topological polar surface area (TPSA) is 26.3 Å². The zero-order chi connectivity index (χ0) is 14.1. The summed E-state index contributed by atoms with van der Waals surface area (Å²) >= 11 is 0. The normalized spacial score (nSPS) is 14.1. The Morgan fingerprint density at radius 1 is 1.11 bits per heavy atom. The maximum atomic E-state index is 10.2. The fraction of sp³-hybridized carbons (Fsp3) is 0.312. The number of aldehydes is 1. The van der Waals surface area contributed by atoms with Crippen LogP contribution in [0.1, 0.15) is 18.1 Å². The van der Waals surface area contributed by atoms with Crippen molar-refractivity contribution in [3.05, 3.63) is 60.2 Å². The maximum absolute atomic E-state index is 10.2. The lowest BCUT2D eigenvalue weighted by atomic mass is 10.1. The number of carbonyl (C=O) groups excluding carboxylic acids is 1. The first-order chi connectivity index (χ1) is 9.03. The highest BCUT2D eigenvalue weighted by atomic mass is 28.4. The van der Waals surface area contributed by atoms with E-state index in [0.29, 0.717) is 0 Å². The smallest absolute Gasteiger partial charge is 0.184 e. The molecule has 2 nitrogen and oxygen atoms in total. The van der Waals surface area contributed by atoms with Crippen LogP contribution in [0.3, 0.4) is 0 Å². The number of hydrogen-bond acceptors (Lipinski definition) is 2. The summed E-state index contributed by atoms with van der Waals surface area (Å²) in [7, 11) is -1.59. The Kier molecular flexibility index (Phi) is 6.46. The fourth-order valence-electron chi connectivity index (χ4n) is 1.74. The lowest BCUT2D eigenvalue weighted by Crippen LogP contribution is -2.27. The average Bonchev–Trinajstić information content (AvgIpc) is 2.37. The molecule has 0 fully saturated rings. The van der Waals surface area contributed by atoms with E-state index in [1.807, 2.05) is 30.4 Å². The molecule has 3 heteroatoms. The van der Waals surface area contributed by atoms with Gasteiger partial charge in [-0.1, -0.05) is 48.6 Å². The Hall–Kier alpha value is -1.45. The monoisotopic (exact) mass is 274 g/mol. The number of carbonyl (C=O) groups is 1. The Bertz CT molecular complexity index is 430. The van der Waals surface area contributed by atoms with Gasteiger partial charge in [-0.3, -0.25) is 4.79 Å². The van der Waals surface area contributed by atoms with E-state index in [0.717, 1.165) is 12.7 Å². The Labute approximate surface area is 116 Å². The zero-order valence-electron chi connectivity index (χ0n) is 11.9. The molecule has 0 amide bonds. The molecule has 0 radical (unpaired) electrons. The lowest BCUT2D eigenvalue weighted by Gasteiger charge is -2.26. The third-order valence-electron chi connectivity index (χ3n) is 2.45. The van der Waals surface area contributed by atoms with Crippen LogP contribution in [0.15, 0.2) is 54.6 Å². The van der Waals surface area contributed by atoms with Crippen LogP contribution in [0.5, 0.6) is 0 Å². The van der Waals surface area contributed by atoms with Crippen molar-refractivity contribution >= 4 is 14.6 Å². The van der Waals surface area contributed by atoms with Crippen molar-refractivity contribution < 1.29 is 9.22 Å². The van der Waals surface area contributed by atoms with Crippen molar-refractivity contribution in [3.8, 4) is 0 Å². The van der Waals surface area contributed by atoms with E-state index in [9.17, 15) is 4.79 Å². The Morgan fingerprint density at radius 3 is 2.37 bits per heavy atom. The molecule has 1 rings (SSSR count). The molecule has 1 aromatic carbocycles. The first-order valence-corrected chi connectivity index (χ1v) is 9.93. The Balaban J connectivity index is 2.73. The van der Waals surface area contributed by atoms with E-state index in [2.05, 4.69) is 31.8 Å². The van der Waals surface area contributed by atoms with Crippen molar-refractivity contribution in [2.45, 2.75) is 32.2 Å². The number of rotatable bonds is 7. The molecule has 0 heterocycles. The fourth-order valence-corrected chi connectivity index (χ4v) is 2.82. The second kappa shape index (κ2) is 7.87. The van der Waals surface area contributed by atoms with E-state index in [4.69, 9.17) is 4.43 Å². The Morgan fingerprint density at radius 2 is 1.79 bits per heavy atom. The second-order valence-corrected chi connectivity index (χ2v) is 9.77. The van der Waals surface area contributed by atoms with Gasteiger partial charge < -0.3 is 4.43 Å². The van der Waals surface area contributed by atoms with Crippen molar-refractivity contribution in [3.63, 3.8) is 0 Å². The molecular weight excluding hydrogens is 252 g/mol. The number of allylic oxidation sites excluding steroid dienone is 3. The molecule has 0 aliphatic rings. The van der Waals surface area contributed by atoms with Gasteiger partial charge in [0.2, 0.25) is 0 Å². The van der Waals surface area contributed by atoms with Gasteiger partial charge in [0.1, 0.15) is 6.29 Å². The minimum absolute atomic E-state index is 0.0914. The summed E-state index contributed by atoms with van der Waals surface area (Å²) in [6.07, 6.45) is 8.83. The minimum Gasteiger partial charge on any atom is -0.410 e. The van der Waals surface area contributed by atoms with Crippen LogP contribution in [0.4, 0.5) is 0 Å².